The van der Waals surface area contributed by atoms with Gasteiger partial charge in [-0.1, -0.05) is 37.6 Å². The number of alkyl halides is 1. The van der Waals surface area contributed by atoms with E-state index in [1.165, 1.54) is 31.2 Å². The van der Waals surface area contributed by atoms with Gasteiger partial charge < -0.3 is 4.79 Å². The molecular weight excluding hydrogens is 387 g/mol. The maximum Gasteiger partial charge on any atom is 0.135 e. The Morgan fingerprint density at radius 3 is 2.26 bits per heavy atom. The fourth-order valence-electron chi connectivity index (χ4n) is 5.96. The topological polar surface area (TPSA) is 34.1 Å². The number of carbonyl (C=O) groups is 2. The summed E-state index contributed by atoms with van der Waals surface area (Å²) >= 11 is 0. The number of benzene rings is 1. The van der Waals surface area contributed by atoms with Crippen LogP contribution in [-0.2, 0) is 9.59 Å². The molecule has 2 saturated carbocycles. The SMILES string of the molecule is CCCCC(=O)C1CCC(C(C=O)c2ccc(C3CCC(CCCF)CC3)cc2)CC1. The lowest BCUT2D eigenvalue weighted by atomic mass is 9.72. The zero-order valence-corrected chi connectivity index (χ0v) is 19.4. The van der Waals surface area contributed by atoms with Gasteiger partial charge in [0.05, 0.1) is 6.67 Å². The van der Waals surface area contributed by atoms with Crippen molar-refractivity contribution in [2.45, 2.75) is 102 Å². The third-order valence-electron chi connectivity index (χ3n) is 8.04. The number of unbranched alkanes of at least 4 members (excludes halogenated alkanes) is 1. The van der Waals surface area contributed by atoms with Gasteiger partial charge in [0.15, 0.2) is 0 Å². The lowest BCUT2D eigenvalue weighted by Gasteiger charge is -2.32. The van der Waals surface area contributed by atoms with E-state index in [9.17, 15) is 14.0 Å². The van der Waals surface area contributed by atoms with Crippen LogP contribution in [0.25, 0.3) is 0 Å². The minimum Gasteiger partial charge on any atom is -0.303 e. The highest BCUT2D eigenvalue weighted by molar-refractivity contribution is 5.81. The average molecular weight is 429 g/mol. The molecule has 172 valence electrons. The molecule has 3 heteroatoms. The number of aldehydes is 1. The zero-order valence-electron chi connectivity index (χ0n) is 19.4. The van der Waals surface area contributed by atoms with Crippen LogP contribution in [0, 0.1) is 17.8 Å². The minimum atomic E-state index is -0.184. The molecule has 1 aromatic carbocycles. The second kappa shape index (κ2) is 12.5. The summed E-state index contributed by atoms with van der Waals surface area (Å²) in [5.74, 6) is 2.29. The Labute approximate surface area is 188 Å². The second-order valence-corrected chi connectivity index (χ2v) is 10.1. The van der Waals surface area contributed by atoms with Crippen molar-refractivity contribution in [3.63, 3.8) is 0 Å². The number of Topliss-reactive ketones (excluding diaryl/α,β-unsaturated/α-hetero) is 1. The van der Waals surface area contributed by atoms with E-state index in [0.717, 1.165) is 63.2 Å². The normalized spacial score (nSPS) is 27.5. The van der Waals surface area contributed by atoms with E-state index in [0.29, 0.717) is 30.0 Å². The summed E-state index contributed by atoms with van der Waals surface area (Å²) in [5, 5.41) is 0. The Bertz CT molecular complexity index is 667. The van der Waals surface area contributed by atoms with Crippen molar-refractivity contribution in [3.05, 3.63) is 35.4 Å². The molecule has 0 aliphatic heterocycles. The van der Waals surface area contributed by atoms with E-state index < -0.39 is 0 Å². The van der Waals surface area contributed by atoms with Gasteiger partial charge >= 0.3 is 0 Å². The van der Waals surface area contributed by atoms with Crippen molar-refractivity contribution in [2.75, 3.05) is 6.67 Å². The molecule has 0 amide bonds. The Kier molecular flexibility index (Phi) is 9.74. The van der Waals surface area contributed by atoms with Gasteiger partial charge in [-0.2, -0.15) is 0 Å². The van der Waals surface area contributed by atoms with E-state index in [2.05, 4.69) is 31.2 Å². The standard InChI is InChI=1S/C28H41FO2/c1-2-3-6-28(31)26-17-15-25(16-18-26)27(20-30)24-13-11-23(12-14-24)22-9-7-21(8-10-22)5-4-19-29/h11-14,20-22,25-27H,2-10,15-19H2,1H3. The number of rotatable bonds is 11. The Hall–Kier alpha value is -1.51. The lowest BCUT2D eigenvalue weighted by Crippen LogP contribution is -2.25. The molecule has 3 rings (SSSR count). The molecule has 1 atom stereocenters. The first-order valence-corrected chi connectivity index (χ1v) is 12.8. The third-order valence-corrected chi connectivity index (χ3v) is 8.04. The summed E-state index contributed by atoms with van der Waals surface area (Å²) in [5.41, 5.74) is 2.53. The first kappa shape index (κ1) is 24.1. The van der Waals surface area contributed by atoms with Crippen LogP contribution in [0.15, 0.2) is 24.3 Å². The van der Waals surface area contributed by atoms with Crippen LogP contribution >= 0.6 is 0 Å². The van der Waals surface area contributed by atoms with Crippen LogP contribution in [0.4, 0.5) is 4.39 Å². The zero-order chi connectivity index (χ0) is 22.1. The van der Waals surface area contributed by atoms with Crippen molar-refractivity contribution >= 4 is 12.1 Å². The average Bonchev–Trinajstić information content (AvgIpc) is 2.83. The van der Waals surface area contributed by atoms with Crippen LogP contribution < -0.4 is 0 Å². The largest absolute Gasteiger partial charge is 0.303 e. The molecule has 0 heterocycles. The highest BCUT2D eigenvalue weighted by Gasteiger charge is 2.31. The van der Waals surface area contributed by atoms with Gasteiger partial charge in [-0.3, -0.25) is 9.18 Å². The molecule has 1 aromatic rings. The maximum atomic E-state index is 12.4. The summed E-state index contributed by atoms with van der Waals surface area (Å²) in [4.78, 5) is 24.3. The third kappa shape index (κ3) is 6.73. The smallest absolute Gasteiger partial charge is 0.135 e. The van der Waals surface area contributed by atoms with E-state index in [1.54, 1.807) is 0 Å². The predicted molar refractivity (Wildman–Crippen MR) is 125 cm³/mol. The number of carbonyl (C=O) groups excluding carboxylic acids is 2. The Balaban J connectivity index is 1.51. The van der Waals surface area contributed by atoms with Crippen LogP contribution in [0.1, 0.15) is 113 Å². The van der Waals surface area contributed by atoms with Crippen molar-refractivity contribution in [3.8, 4) is 0 Å². The summed E-state index contributed by atoms with van der Waals surface area (Å²) in [7, 11) is 0. The first-order chi connectivity index (χ1) is 15.2. The molecule has 0 bridgehead atoms. The van der Waals surface area contributed by atoms with Crippen LogP contribution in [-0.4, -0.2) is 18.7 Å². The maximum absolute atomic E-state index is 12.4. The monoisotopic (exact) mass is 428 g/mol. The van der Waals surface area contributed by atoms with Gasteiger partial charge in [-0.05, 0) is 99.5 Å². The van der Waals surface area contributed by atoms with Crippen molar-refractivity contribution in [2.24, 2.45) is 17.8 Å². The summed E-state index contributed by atoms with van der Waals surface area (Å²) in [6.07, 6.45) is 14.4. The van der Waals surface area contributed by atoms with E-state index >= 15 is 0 Å². The summed E-state index contributed by atoms with van der Waals surface area (Å²) < 4.78 is 12.4. The van der Waals surface area contributed by atoms with Gasteiger partial charge in [-0.15, -0.1) is 0 Å². The molecule has 0 radical (unpaired) electrons. The van der Waals surface area contributed by atoms with Gasteiger partial charge in [0, 0.05) is 18.3 Å². The number of hydrogen-bond acceptors (Lipinski definition) is 2. The number of ketones is 1. The van der Waals surface area contributed by atoms with Crippen molar-refractivity contribution in [1.29, 1.82) is 0 Å². The fourth-order valence-corrected chi connectivity index (χ4v) is 5.96. The fraction of sp³-hybridized carbons (Fsp3) is 0.714. The molecule has 31 heavy (non-hydrogen) atoms. The molecule has 2 nitrogen and oxygen atoms in total. The number of halogens is 1. The Morgan fingerprint density at radius 2 is 1.68 bits per heavy atom. The molecule has 0 spiro atoms. The van der Waals surface area contributed by atoms with E-state index in [-0.39, 0.29) is 18.5 Å². The van der Waals surface area contributed by atoms with Gasteiger partial charge in [0.1, 0.15) is 12.1 Å². The molecular formula is C28H41FO2. The molecule has 2 aliphatic rings. The van der Waals surface area contributed by atoms with Gasteiger partial charge in [-0.25, -0.2) is 0 Å². The van der Waals surface area contributed by atoms with Crippen molar-refractivity contribution < 1.29 is 14.0 Å². The highest BCUT2D eigenvalue weighted by Crippen LogP contribution is 2.40. The summed E-state index contributed by atoms with van der Waals surface area (Å²) in [6.45, 7) is 1.94. The molecule has 0 aromatic heterocycles. The van der Waals surface area contributed by atoms with E-state index in [1.807, 2.05) is 0 Å². The lowest BCUT2D eigenvalue weighted by molar-refractivity contribution is -0.124. The van der Waals surface area contributed by atoms with E-state index in [4.69, 9.17) is 0 Å². The highest BCUT2D eigenvalue weighted by atomic mass is 19.1. The minimum absolute atomic E-state index is 0.0443. The molecule has 0 N–H and O–H groups in total. The van der Waals surface area contributed by atoms with Gasteiger partial charge in [0.2, 0.25) is 0 Å². The Morgan fingerprint density at radius 1 is 1.00 bits per heavy atom. The molecule has 0 saturated heterocycles. The van der Waals surface area contributed by atoms with Crippen molar-refractivity contribution in [1.82, 2.24) is 0 Å². The quantitative estimate of drug-likeness (QED) is 0.341. The molecule has 1 unspecified atom stereocenters. The van der Waals surface area contributed by atoms with Crippen LogP contribution in [0.5, 0.6) is 0 Å². The second-order valence-electron chi connectivity index (χ2n) is 10.1. The van der Waals surface area contributed by atoms with Gasteiger partial charge in [0.25, 0.3) is 0 Å². The number of hydrogen-bond donors (Lipinski definition) is 0. The predicted octanol–water partition coefficient (Wildman–Crippen LogP) is 7.56. The first-order valence-electron chi connectivity index (χ1n) is 12.8. The van der Waals surface area contributed by atoms with Crippen LogP contribution in [0.2, 0.25) is 0 Å². The molecule has 2 aliphatic carbocycles. The summed E-state index contributed by atoms with van der Waals surface area (Å²) in [6, 6.07) is 8.81. The molecule has 2 fully saturated rings. The van der Waals surface area contributed by atoms with Crippen LogP contribution in [0.3, 0.4) is 0 Å².